The lowest BCUT2D eigenvalue weighted by atomic mass is 10.1. The van der Waals surface area contributed by atoms with Crippen LogP contribution >= 0.6 is 0 Å². The van der Waals surface area contributed by atoms with Crippen molar-refractivity contribution in [1.82, 2.24) is 0 Å². The van der Waals surface area contributed by atoms with Gasteiger partial charge >= 0.3 is 0 Å². The predicted octanol–water partition coefficient (Wildman–Crippen LogP) is 2.89. The first-order valence-electron chi connectivity index (χ1n) is 6.77. The first-order valence-corrected chi connectivity index (χ1v) is 6.77. The van der Waals surface area contributed by atoms with Crippen molar-refractivity contribution in [3.8, 4) is 34.3 Å². The van der Waals surface area contributed by atoms with Gasteiger partial charge in [0.05, 0.1) is 14.2 Å². The molecule has 0 saturated heterocycles. The number of hydrogen-bond acceptors (Lipinski definition) is 6. The van der Waals surface area contributed by atoms with Gasteiger partial charge in [-0.25, -0.2) is 0 Å². The second-order valence-electron chi connectivity index (χ2n) is 4.81. The van der Waals surface area contributed by atoms with Gasteiger partial charge in [-0.1, -0.05) is 30.3 Å². The molecule has 1 heterocycles. The highest BCUT2D eigenvalue weighted by molar-refractivity contribution is 5.91. The number of aromatic hydroxyl groups is 2. The molecule has 6 heteroatoms. The molecule has 23 heavy (non-hydrogen) atoms. The molecule has 0 radical (unpaired) electrons. The van der Waals surface area contributed by atoms with E-state index in [0.29, 0.717) is 5.56 Å². The van der Waals surface area contributed by atoms with Gasteiger partial charge < -0.3 is 24.1 Å². The largest absolute Gasteiger partial charge is 0.504 e. The lowest BCUT2D eigenvalue weighted by Crippen LogP contribution is -2.09. The van der Waals surface area contributed by atoms with Crippen LogP contribution in [0.5, 0.6) is 23.0 Å². The summed E-state index contributed by atoms with van der Waals surface area (Å²) in [4.78, 5) is 12.7. The van der Waals surface area contributed by atoms with Crippen LogP contribution in [0.3, 0.4) is 0 Å². The van der Waals surface area contributed by atoms with Crippen molar-refractivity contribution in [2.75, 3.05) is 14.2 Å². The fourth-order valence-corrected chi connectivity index (χ4v) is 2.44. The molecular weight excluding hydrogens is 300 g/mol. The number of fused-ring (bicyclic) bond motifs is 1. The van der Waals surface area contributed by atoms with Gasteiger partial charge in [-0.2, -0.15) is 0 Å². The Bertz CT molecular complexity index is 927. The van der Waals surface area contributed by atoms with Crippen LogP contribution in [-0.4, -0.2) is 24.4 Å². The number of rotatable bonds is 3. The van der Waals surface area contributed by atoms with Crippen LogP contribution in [0.2, 0.25) is 0 Å². The Morgan fingerprint density at radius 3 is 2.26 bits per heavy atom. The molecule has 0 amide bonds. The maximum absolute atomic E-state index is 12.7. The van der Waals surface area contributed by atoms with Crippen molar-refractivity contribution < 1.29 is 24.1 Å². The molecule has 0 saturated carbocycles. The number of hydrogen-bond donors (Lipinski definition) is 2. The molecule has 2 N–H and O–H groups in total. The predicted molar refractivity (Wildman–Crippen MR) is 84.4 cm³/mol. The molecule has 0 bridgehead atoms. The van der Waals surface area contributed by atoms with Crippen LogP contribution < -0.4 is 14.9 Å². The Morgan fingerprint density at radius 1 is 1.00 bits per heavy atom. The van der Waals surface area contributed by atoms with E-state index in [-0.39, 0.29) is 28.2 Å². The zero-order valence-corrected chi connectivity index (χ0v) is 12.5. The molecule has 2 aromatic carbocycles. The molecule has 0 unspecified atom stereocenters. The molecule has 3 aromatic rings. The van der Waals surface area contributed by atoms with Crippen molar-refractivity contribution >= 4 is 11.0 Å². The van der Waals surface area contributed by atoms with Gasteiger partial charge in [-0.3, -0.25) is 4.79 Å². The van der Waals surface area contributed by atoms with Gasteiger partial charge in [0.2, 0.25) is 16.9 Å². The van der Waals surface area contributed by atoms with Gasteiger partial charge in [0.15, 0.2) is 17.3 Å². The average Bonchev–Trinajstić information content (AvgIpc) is 2.57. The molecule has 1 aromatic heterocycles. The van der Waals surface area contributed by atoms with E-state index in [1.165, 1.54) is 20.3 Å². The number of ether oxygens (including phenoxy) is 2. The van der Waals surface area contributed by atoms with Gasteiger partial charge in [0, 0.05) is 11.6 Å². The fraction of sp³-hybridized carbons (Fsp3) is 0.118. The Labute approximate surface area is 131 Å². The van der Waals surface area contributed by atoms with Crippen molar-refractivity contribution in [1.29, 1.82) is 0 Å². The minimum Gasteiger partial charge on any atom is -0.504 e. The maximum atomic E-state index is 12.7. The second-order valence-corrected chi connectivity index (χ2v) is 4.81. The highest BCUT2D eigenvalue weighted by Crippen LogP contribution is 2.43. The first kappa shape index (κ1) is 14.8. The summed E-state index contributed by atoms with van der Waals surface area (Å²) in [6.45, 7) is 0. The summed E-state index contributed by atoms with van der Waals surface area (Å²) in [7, 11) is 2.64. The minimum atomic E-state index is -0.526. The molecule has 6 nitrogen and oxygen atoms in total. The Morgan fingerprint density at radius 2 is 1.65 bits per heavy atom. The minimum absolute atomic E-state index is 0.000619. The number of benzene rings is 2. The van der Waals surface area contributed by atoms with Crippen LogP contribution in [-0.2, 0) is 0 Å². The molecule has 0 atom stereocenters. The summed E-state index contributed by atoms with van der Waals surface area (Å²) in [5.41, 5.74) is 0.233. The summed E-state index contributed by atoms with van der Waals surface area (Å²) in [6.07, 6.45) is 0. The average molecular weight is 314 g/mol. The molecule has 118 valence electrons. The topological polar surface area (TPSA) is 89.1 Å². The van der Waals surface area contributed by atoms with E-state index in [4.69, 9.17) is 13.9 Å². The third-order valence-electron chi connectivity index (χ3n) is 3.49. The number of phenolic OH excluding ortho intramolecular Hbond substituents is 2. The Kier molecular flexibility index (Phi) is 3.57. The molecule has 0 aliphatic carbocycles. The van der Waals surface area contributed by atoms with E-state index < -0.39 is 16.9 Å². The van der Waals surface area contributed by atoms with Crippen molar-refractivity contribution in [3.63, 3.8) is 0 Å². The lowest BCUT2D eigenvalue weighted by molar-refractivity contribution is 0.352. The monoisotopic (exact) mass is 314 g/mol. The summed E-state index contributed by atoms with van der Waals surface area (Å²) < 4.78 is 16.0. The van der Waals surface area contributed by atoms with Gasteiger partial charge in [-0.15, -0.1) is 0 Å². The van der Waals surface area contributed by atoms with Crippen LogP contribution in [0, 0.1) is 0 Å². The molecule has 0 aliphatic rings. The van der Waals surface area contributed by atoms with Crippen LogP contribution in [0.4, 0.5) is 0 Å². The quantitative estimate of drug-likeness (QED) is 0.723. The van der Waals surface area contributed by atoms with E-state index in [9.17, 15) is 15.0 Å². The van der Waals surface area contributed by atoms with Crippen molar-refractivity contribution in [2.24, 2.45) is 0 Å². The van der Waals surface area contributed by atoms with Gasteiger partial charge in [0.25, 0.3) is 0 Å². The summed E-state index contributed by atoms with van der Waals surface area (Å²) in [5.74, 6) is -0.903. The first-order chi connectivity index (χ1) is 11.1. The third kappa shape index (κ3) is 2.24. The van der Waals surface area contributed by atoms with Crippen molar-refractivity contribution in [2.45, 2.75) is 0 Å². The molecule has 0 aliphatic heterocycles. The Hall–Kier alpha value is -3.15. The highest BCUT2D eigenvalue weighted by atomic mass is 16.5. The molecule has 0 fully saturated rings. The van der Waals surface area contributed by atoms with Crippen LogP contribution in [0.25, 0.3) is 22.3 Å². The zero-order chi connectivity index (χ0) is 16.6. The smallest absolute Gasteiger partial charge is 0.239 e. The SMILES string of the molecule is COc1c(-c2ccccc2)oc2cc(O)c(O)c(OC)c2c1=O. The van der Waals surface area contributed by atoms with E-state index in [2.05, 4.69) is 0 Å². The summed E-state index contributed by atoms with van der Waals surface area (Å²) in [5, 5.41) is 19.7. The molecule has 0 spiro atoms. The van der Waals surface area contributed by atoms with Crippen LogP contribution in [0.1, 0.15) is 0 Å². The van der Waals surface area contributed by atoms with Gasteiger partial charge in [-0.05, 0) is 0 Å². The molecule has 3 rings (SSSR count). The van der Waals surface area contributed by atoms with E-state index in [1.54, 1.807) is 24.3 Å². The summed E-state index contributed by atoms with van der Waals surface area (Å²) >= 11 is 0. The Balaban J connectivity index is 2.46. The van der Waals surface area contributed by atoms with Gasteiger partial charge in [0.1, 0.15) is 11.0 Å². The normalized spacial score (nSPS) is 10.7. The molecular formula is C17H14O6. The zero-order valence-electron chi connectivity index (χ0n) is 12.5. The van der Waals surface area contributed by atoms with Crippen LogP contribution in [0.15, 0.2) is 45.6 Å². The summed E-state index contributed by atoms with van der Waals surface area (Å²) in [6, 6.07) is 10.1. The number of phenols is 2. The third-order valence-corrected chi connectivity index (χ3v) is 3.49. The highest BCUT2D eigenvalue weighted by Gasteiger charge is 2.23. The van der Waals surface area contributed by atoms with E-state index in [0.717, 1.165) is 0 Å². The van der Waals surface area contributed by atoms with E-state index >= 15 is 0 Å². The lowest BCUT2D eigenvalue weighted by Gasteiger charge is -2.12. The maximum Gasteiger partial charge on any atom is 0.239 e. The standard InChI is InChI=1S/C17H14O6/c1-21-16-12-11(8-10(18)13(16)19)23-15(17(22-2)14(12)20)9-6-4-3-5-7-9/h3-8,18-19H,1-2H3. The second kappa shape index (κ2) is 5.57. The number of methoxy groups -OCH3 is 2. The van der Waals surface area contributed by atoms with E-state index in [1.807, 2.05) is 6.07 Å². The van der Waals surface area contributed by atoms with Crippen molar-refractivity contribution in [3.05, 3.63) is 46.6 Å². The fourth-order valence-electron chi connectivity index (χ4n) is 2.44.